The van der Waals surface area contributed by atoms with Gasteiger partial charge in [-0.15, -0.1) is 11.3 Å². The Bertz CT molecular complexity index is 1240. The number of aryl methyl sites for hydroxylation is 1. The summed E-state index contributed by atoms with van der Waals surface area (Å²) in [5, 5.41) is 1.94. The fourth-order valence-corrected chi connectivity index (χ4v) is 8.64. The number of fused-ring (bicyclic) bond motifs is 3. The number of carbonyl (C=O) groups excluding carboxylic acids is 1. The van der Waals surface area contributed by atoms with Gasteiger partial charge in [0.25, 0.3) is 0 Å². The number of sulfone groups is 1. The summed E-state index contributed by atoms with van der Waals surface area (Å²) in [7, 11) is -3.11. The largest absolute Gasteiger partial charge is 0.467 e. The van der Waals surface area contributed by atoms with Gasteiger partial charge in [-0.05, 0) is 49.3 Å². The lowest BCUT2D eigenvalue weighted by molar-refractivity contribution is -0.131. The zero-order valence-electron chi connectivity index (χ0n) is 17.8. The van der Waals surface area contributed by atoms with Crippen molar-refractivity contribution in [2.24, 2.45) is 5.92 Å². The van der Waals surface area contributed by atoms with Crippen LogP contribution < -0.4 is 0 Å². The SMILES string of the molecule is CC1CCc2c(sc3ncnc(SCC(=O)N(Cc4ccco4)C4CCS(=O)(=O)C4)c23)C1. The molecule has 0 spiro atoms. The van der Waals surface area contributed by atoms with E-state index in [9.17, 15) is 13.2 Å². The number of thioether (sulfide) groups is 1. The third-order valence-corrected chi connectivity index (χ3v) is 10.2. The summed E-state index contributed by atoms with van der Waals surface area (Å²) in [4.78, 5) is 26.3. The Morgan fingerprint density at radius 3 is 2.97 bits per heavy atom. The normalized spacial score (nSPS) is 22.2. The second-order valence-electron chi connectivity index (χ2n) is 8.66. The number of nitrogens with zero attached hydrogens (tertiary/aromatic N) is 3. The monoisotopic (exact) mass is 491 g/mol. The average Bonchev–Trinajstić information content (AvgIpc) is 3.48. The van der Waals surface area contributed by atoms with Gasteiger partial charge in [-0.2, -0.15) is 0 Å². The molecule has 4 heterocycles. The van der Waals surface area contributed by atoms with Crippen LogP contribution in [0.4, 0.5) is 0 Å². The Kier molecular flexibility index (Phi) is 6.02. The second kappa shape index (κ2) is 8.79. The van der Waals surface area contributed by atoms with Crippen LogP contribution in [-0.4, -0.2) is 52.5 Å². The van der Waals surface area contributed by atoms with Gasteiger partial charge in [0.1, 0.15) is 21.9 Å². The molecule has 32 heavy (non-hydrogen) atoms. The number of rotatable bonds is 6. The molecule has 7 nitrogen and oxygen atoms in total. The number of hydrogen-bond acceptors (Lipinski definition) is 8. The molecule has 10 heteroatoms. The van der Waals surface area contributed by atoms with Crippen molar-refractivity contribution in [2.45, 2.75) is 50.2 Å². The lowest BCUT2D eigenvalue weighted by atomic mass is 9.89. The summed E-state index contributed by atoms with van der Waals surface area (Å²) in [6.07, 6.45) is 6.86. The first-order valence-electron chi connectivity index (χ1n) is 10.8. The van der Waals surface area contributed by atoms with Crippen LogP contribution >= 0.6 is 23.1 Å². The molecule has 0 radical (unpaired) electrons. The molecule has 3 aromatic heterocycles. The standard InChI is InChI=1S/C22H25N3O4S3/c1-14-4-5-17-18(9-14)31-22-20(17)21(23-13-24-22)30-11-19(26)25(10-16-3-2-7-29-16)15-6-8-32(27,28)12-15/h2-3,7,13-15H,4-6,8-12H2,1H3. The van der Waals surface area contributed by atoms with Gasteiger partial charge in [0.05, 0.1) is 30.1 Å². The first-order chi connectivity index (χ1) is 15.4. The summed E-state index contributed by atoms with van der Waals surface area (Å²) in [6, 6.07) is 3.26. The van der Waals surface area contributed by atoms with E-state index in [2.05, 4.69) is 16.9 Å². The molecule has 0 aromatic carbocycles. The van der Waals surface area contributed by atoms with Crippen molar-refractivity contribution >= 4 is 49.1 Å². The fourth-order valence-electron chi connectivity index (χ4n) is 4.58. The Labute approximate surface area is 195 Å². The maximum absolute atomic E-state index is 13.3. The molecule has 3 aromatic rings. The number of carbonyl (C=O) groups is 1. The summed E-state index contributed by atoms with van der Waals surface area (Å²) in [5.74, 6) is 1.57. The minimum Gasteiger partial charge on any atom is -0.467 e. The van der Waals surface area contributed by atoms with Crippen LogP contribution in [0.1, 0.15) is 36.0 Å². The predicted molar refractivity (Wildman–Crippen MR) is 126 cm³/mol. The van der Waals surface area contributed by atoms with Gasteiger partial charge >= 0.3 is 0 Å². The molecule has 5 rings (SSSR count). The highest BCUT2D eigenvalue weighted by Gasteiger charge is 2.35. The molecule has 1 amide bonds. The summed E-state index contributed by atoms with van der Waals surface area (Å²) in [6.45, 7) is 2.56. The van der Waals surface area contributed by atoms with Crippen molar-refractivity contribution in [1.82, 2.24) is 14.9 Å². The van der Waals surface area contributed by atoms with Crippen molar-refractivity contribution < 1.29 is 17.6 Å². The van der Waals surface area contributed by atoms with E-state index in [0.29, 0.717) is 18.1 Å². The highest BCUT2D eigenvalue weighted by molar-refractivity contribution is 8.00. The molecule has 1 aliphatic heterocycles. The van der Waals surface area contributed by atoms with E-state index in [-0.39, 0.29) is 35.8 Å². The van der Waals surface area contributed by atoms with Crippen molar-refractivity contribution in [3.05, 3.63) is 40.9 Å². The first-order valence-corrected chi connectivity index (χ1v) is 14.4. The maximum atomic E-state index is 13.3. The summed E-state index contributed by atoms with van der Waals surface area (Å²) >= 11 is 3.16. The molecule has 0 N–H and O–H groups in total. The van der Waals surface area contributed by atoms with Crippen LogP contribution in [0.5, 0.6) is 0 Å². The van der Waals surface area contributed by atoms with Crippen LogP contribution in [0.15, 0.2) is 34.2 Å². The summed E-state index contributed by atoms with van der Waals surface area (Å²) < 4.78 is 29.5. The molecule has 2 atom stereocenters. The van der Waals surface area contributed by atoms with Gasteiger partial charge in [-0.25, -0.2) is 18.4 Å². The Morgan fingerprint density at radius 1 is 1.34 bits per heavy atom. The van der Waals surface area contributed by atoms with E-state index in [0.717, 1.165) is 34.5 Å². The zero-order chi connectivity index (χ0) is 22.3. The Balaban J connectivity index is 1.37. The second-order valence-corrected chi connectivity index (χ2v) is 12.9. The smallest absolute Gasteiger partial charge is 0.233 e. The molecule has 2 unspecified atom stereocenters. The van der Waals surface area contributed by atoms with Crippen LogP contribution in [-0.2, 0) is 34.0 Å². The number of hydrogen-bond donors (Lipinski definition) is 0. The van der Waals surface area contributed by atoms with E-state index in [1.807, 2.05) is 6.07 Å². The lowest BCUT2D eigenvalue weighted by Crippen LogP contribution is -2.41. The lowest BCUT2D eigenvalue weighted by Gasteiger charge is -2.27. The third-order valence-electron chi connectivity index (χ3n) is 6.27. The van der Waals surface area contributed by atoms with E-state index >= 15 is 0 Å². The van der Waals surface area contributed by atoms with Gasteiger partial charge in [-0.3, -0.25) is 4.79 Å². The van der Waals surface area contributed by atoms with Gasteiger partial charge < -0.3 is 9.32 Å². The molecule has 1 aliphatic carbocycles. The van der Waals surface area contributed by atoms with E-state index in [1.54, 1.807) is 34.9 Å². The van der Waals surface area contributed by atoms with Crippen molar-refractivity contribution in [2.75, 3.05) is 17.3 Å². The molecule has 170 valence electrons. The molecular weight excluding hydrogens is 466 g/mol. The predicted octanol–water partition coefficient (Wildman–Crippen LogP) is 3.72. The molecule has 1 fully saturated rings. The minimum absolute atomic E-state index is 0.0120. The fraction of sp³-hybridized carbons (Fsp3) is 0.500. The quantitative estimate of drug-likeness (QED) is 0.383. The van der Waals surface area contributed by atoms with Gasteiger partial charge in [0, 0.05) is 16.3 Å². The van der Waals surface area contributed by atoms with Crippen molar-refractivity contribution in [3.8, 4) is 0 Å². The van der Waals surface area contributed by atoms with Crippen LogP contribution in [0.2, 0.25) is 0 Å². The number of aromatic nitrogens is 2. The van der Waals surface area contributed by atoms with Gasteiger partial charge in [0.2, 0.25) is 5.91 Å². The van der Waals surface area contributed by atoms with Crippen molar-refractivity contribution in [1.29, 1.82) is 0 Å². The molecule has 1 saturated heterocycles. The number of thiophene rings is 1. The minimum atomic E-state index is -3.11. The zero-order valence-corrected chi connectivity index (χ0v) is 20.3. The first kappa shape index (κ1) is 21.9. The third kappa shape index (κ3) is 4.45. The number of furan rings is 1. The highest BCUT2D eigenvalue weighted by Crippen LogP contribution is 2.40. The Hall–Kier alpha value is -1.91. The van der Waals surface area contributed by atoms with Crippen LogP contribution in [0.3, 0.4) is 0 Å². The van der Waals surface area contributed by atoms with Crippen LogP contribution in [0.25, 0.3) is 10.2 Å². The summed E-state index contributed by atoms with van der Waals surface area (Å²) in [5.41, 5.74) is 1.34. The highest BCUT2D eigenvalue weighted by atomic mass is 32.2. The molecule has 0 bridgehead atoms. The molecule has 0 saturated carbocycles. The van der Waals surface area contributed by atoms with Crippen LogP contribution in [0, 0.1) is 5.92 Å². The van der Waals surface area contributed by atoms with Gasteiger partial charge in [0.15, 0.2) is 9.84 Å². The average molecular weight is 492 g/mol. The number of amides is 1. The van der Waals surface area contributed by atoms with E-state index in [4.69, 9.17) is 4.42 Å². The molecule has 2 aliphatic rings. The van der Waals surface area contributed by atoms with Crippen molar-refractivity contribution in [3.63, 3.8) is 0 Å². The Morgan fingerprint density at radius 2 is 2.22 bits per heavy atom. The topological polar surface area (TPSA) is 93.4 Å². The van der Waals surface area contributed by atoms with E-state index < -0.39 is 9.84 Å². The van der Waals surface area contributed by atoms with E-state index in [1.165, 1.54) is 22.2 Å². The molecular formula is C22H25N3O4S3. The van der Waals surface area contributed by atoms with Gasteiger partial charge in [-0.1, -0.05) is 18.7 Å². The maximum Gasteiger partial charge on any atom is 0.233 e.